The number of ether oxygens (including phenoxy) is 1. The second kappa shape index (κ2) is 6.43. The maximum Gasteiger partial charge on any atom is 2.00 e. The van der Waals surface area contributed by atoms with Crippen LogP contribution in [0.25, 0.3) is 0 Å². The van der Waals surface area contributed by atoms with Crippen LogP contribution in [0.1, 0.15) is 0 Å². The average Bonchev–Trinajstić information content (AvgIpc) is 1.61. The number of carboxylic acid groups (broad SMARTS) is 2. The van der Waals surface area contributed by atoms with Crippen LogP contribution in [0.3, 0.4) is 0 Å². The van der Waals surface area contributed by atoms with Gasteiger partial charge in [-0.05, 0) is 0 Å². The average molecular weight is 255 g/mol. The van der Waals surface area contributed by atoms with E-state index in [-0.39, 0.29) is 48.9 Å². The van der Waals surface area contributed by atoms with Gasteiger partial charge in [0.2, 0.25) is 0 Å². The van der Waals surface area contributed by atoms with E-state index in [9.17, 15) is 19.8 Å². The molecule has 0 aromatic carbocycles. The molecule has 0 saturated heterocycles. The van der Waals surface area contributed by atoms with E-state index >= 15 is 0 Å². The third kappa shape index (κ3) is 11.7. The molecule has 5 nitrogen and oxygen atoms in total. The molecule has 0 fully saturated rings. The second-order valence-corrected chi connectivity index (χ2v) is 0.911. The van der Waals surface area contributed by atoms with Crippen LogP contribution in [0.5, 0.6) is 0 Å². The Hall–Kier alpha value is 0.311. The summed E-state index contributed by atoms with van der Waals surface area (Å²) in [6.45, 7) is -0.970. The van der Waals surface area contributed by atoms with Crippen LogP contribution in [0, 0.1) is 0 Å². The van der Waals surface area contributed by atoms with Crippen molar-refractivity contribution in [2.75, 3.05) is 6.61 Å². The summed E-state index contributed by atoms with van der Waals surface area (Å²) >= 11 is 0. The molecule has 0 atom stereocenters. The maximum absolute atomic E-state index is 9.38. The van der Waals surface area contributed by atoms with E-state index in [0.29, 0.717) is 0 Å². The topological polar surface area (TPSA) is 89.5 Å². The molecule has 0 unspecified atom stereocenters. The van der Waals surface area contributed by atoms with Gasteiger partial charge in [-0.25, -0.2) is 0 Å². The molecule has 0 radical (unpaired) electrons. The fourth-order valence-corrected chi connectivity index (χ4v) is 0.118. The summed E-state index contributed by atoms with van der Waals surface area (Å²) < 4.78 is 3.45. The predicted molar refractivity (Wildman–Crippen MR) is 22.1 cm³/mol. The fraction of sp³-hybridized carbons (Fsp3) is 0.333. The predicted octanol–water partition coefficient (Wildman–Crippen LogP) is -3.28. The van der Waals surface area contributed by atoms with Crippen molar-refractivity contribution in [3.8, 4) is 0 Å². The van der Waals surface area contributed by atoms with Gasteiger partial charge in [0.25, 0.3) is 6.16 Å². The quantitative estimate of drug-likeness (QED) is 0.381. The van der Waals surface area contributed by atoms with Crippen LogP contribution in [0.2, 0.25) is 0 Å². The van der Waals surface area contributed by atoms with E-state index in [4.69, 9.17) is 0 Å². The van der Waals surface area contributed by atoms with Crippen molar-refractivity contribution in [2.45, 2.75) is 0 Å². The van der Waals surface area contributed by atoms with Crippen molar-refractivity contribution < 1.29 is 24.5 Å². The summed E-state index contributed by atoms with van der Waals surface area (Å²) in [6.07, 6.45) is -1.87. The third-order valence-electron chi connectivity index (χ3n) is 0.308. The zero-order valence-electron chi connectivity index (χ0n) is 4.46. The van der Waals surface area contributed by atoms with Gasteiger partial charge in [-0.3, -0.25) is 0 Å². The molecule has 0 saturated carbocycles. The number of aliphatic carboxylic acids is 1. The Morgan fingerprint density at radius 3 is 1.89 bits per heavy atom. The van der Waals surface area contributed by atoms with E-state index in [0.717, 1.165) is 0 Å². The largest absolute Gasteiger partial charge is 2.00 e. The third-order valence-corrected chi connectivity index (χ3v) is 0.308. The summed E-state index contributed by atoms with van der Waals surface area (Å²) in [5.74, 6) is -1.59. The number of rotatable bonds is 2. The van der Waals surface area contributed by atoms with Gasteiger partial charge in [0.1, 0.15) is 0 Å². The molecule has 0 spiro atoms. The van der Waals surface area contributed by atoms with Gasteiger partial charge in [-0.15, -0.1) is 0 Å². The minimum Gasteiger partial charge on any atom is -0.548 e. The molecule has 0 bridgehead atoms. The molecule has 0 N–H and O–H groups in total. The molecule has 46 valence electrons. The van der Waals surface area contributed by atoms with E-state index in [1.54, 1.807) is 0 Å². The van der Waals surface area contributed by atoms with E-state index in [1.165, 1.54) is 0 Å². The van der Waals surface area contributed by atoms with Gasteiger partial charge >= 0.3 is 48.9 Å². The molecule has 0 aliphatic rings. The first kappa shape index (κ1) is 12.0. The molecule has 0 aliphatic carbocycles. The Morgan fingerprint density at radius 1 is 1.33 bits per heavy atom. The minimum absolute atomic E-state index is 0. The van der Waals surface area contributed by atoms with Gasteiger partial charge in [0, 0.05) is 0 Å². The van der Waals surface area contributed by atoms with Gasteiger partial charge in [0.05, 0.1) is 12.6 Å². The Labute approximate surface area is 91.1 Å². The first-order valence-corrected chi connectivity index (χ1v) is 1.66. The Balaban J connectivity index is 0. The maximum atomic E-state index is 9.38. The first-order chi connectivity index (χ1) is 3.63. The van der Waals surface area contributed by atoms with Crippen molar-refractivity contribution in [2.24, 2.45) is 0 Å². The molecular formula is C3H2BaO5. The van der Waals surface area contributed by atoms with Crippen LogP contribution >= 0.6 is 0 Å². The van der Waals surface area contributed by atoms with Crippen LogP contribution in [-0.4, -0.2) is 67.6 Å². The van der Waals surface area contributed by atoms with Crippen molar-refractivity contribution >= 4 is 61.0 Å². The van der Waals surface area contributed by atoms with Gasteiger partial charge in [-0.2, -0.15) is 0 Å². The molecule has 0 aromatic rings. The van der Waals surface area contributed by atoms with E-state index in [2.05, 4.69) is 4.74 Å². The number of hydrogen-bond acceptors (Lipinski definition) is 5. The molecule has 0 amide bonds. The van der Waals surface area contributed by atoms with Gasteiger partial charge in [0.15, 0.2) is 0 Å². The number of hydrogen-bond donors (Lipinski definition) is 0. The van der Waals surface area contributed by atoms with Crippen LogP contribution in [0.15, 0.2) is 0 Å². The van der Waals surface area contributed by atoms with Crippen molar-refractivity contribution in [1.82, 2.24) is 0 Å². The minimum atomic E-state index is -1.87. The molecule has 0 rings (SSSR count). The summed E-state index contributed by atoms with van der Waals surface area (Å²) in [6, 6.07) is 0. The first-order valence-electron chi connectivity index (χ1n) is 1.66. The molecule has 0 aromatic heterocycles. The Kier molecular flexibility index (Phi) is 8.60. The molecule has 0 aliphatic heterocycles. The van der Waals surface area contributed by atoms with Crippen molar-refractivity contribution in [3.05, 3.63) is 0 Å². The number of carboxylic acids is 1. The van der Waals surface area contributed by atoms with Gasteiger partial charge in [-0.1, -0.05) is 0 Å². The summed E-state index contributed by atoms with van der Waals surface area (Å²) in [4.78, 5) is 18.7. The molecule has 9 heavy (non-hydrogen) atoms. The summed E-state index contributed by atoms with van der Waals surface area (Å²) in [5, 5.41) is 18.7. The van der Waals surface area contributed by atoms with Crippen LogP contribution in [-0.2, 0) is 9.53 Å². The SMILES string of the molecule is O=C([O-])COC(=O)[O-].[Ba+2]. The Bertz CT molecular complexity index is 96.8. The second-order valence-electron chi connectivity index (χ2n) is 0.911. The number of carbonyl (C=O) groups excluding carboxylic acids is 2. The fourth-order valence-electron chi connectivity index (χ4n) is 0.118. The summed E-state index contributed by atoms with van der Waals surface area (Å²) in [7, 11) is 0. The monoisotopic (exact) mass is 256 g/mol. The standard InChI is InChI=1S/C3H4O5.Ba/c4-2(5)1-8-3(6)7;/h1H2,(H,4,5)(H,6,7);/q;+2/p-2. The molecule has 6 heteroatoms. The van der Waals surface area contributed by atoms with Crippen LogP contribution in [0.4, 0.5) is 4.79 Å². The smallest absolute Gasteiger partial charge is 0.548 e. The summed E-state index contributed by atoms with van der Waals surface area (Å²) in [5.41, 5.74) is 0. The van der Waals surface area contributed by atoms with Crippen LogP contribution < -0.4 is 10.2 Å². The van der Waals surface area contributed by atoms with Gasteiger partial charge < -0.3 is 24.5 Å². The number of carbonyl (C=O) groups is 2. The van der Waals surface area contributed by atoms with Crippen molar-refractivity contribution in [1.29, 1.82) is 0 Å². The molecular weight excluding hydrogens is 253 g/mol. The van der Waals surface area contributed by atoms with Crippen molar-refractivity contribution in [3.63, 3.8) is 0 Å². The zero-order valence-corrected chi connectivity index (χ0v) is 8.90. The van der Waals surface area contributed by atoms with E-state index in [1.807, 2.05) is 0 Å². The van der Waals surface area contributed by atoms with E-state index < -0.39 is 18.7 Å². The normalized spacial score (nSPS) is 7.11. The zero-order chi connectivity index (χ0) is 6.57. The molecule has 0 heterocycles. The Morgan fingerprint density at radius 2 is 1.78 bits per heavy atom.